The molecule has 1 aliphatic carbocycles. The highest BCUT2D eigenvalue weighted by Crippen LogP contribution is 2.38. The summed E-state index contributed by atoms with van der Waals surface area (Å²) in [7, 11) is 1.69. The van der Waals surface area contributed by atoms with Crippen LogP contribution in [0.4, 0.5) is 0 Å². The highest BCUT2D eigenvalue weighted by Gasteiger charge is 2.24. The summed E-state index contributed by atoms with van der Waals surface area (Å²) in [5, 5.41) is 4.16. The Morgan fingerprint density at radius 2 is 2.05 bits per heavy atom. The normalized spacial score (nSPS) is 19.2. The summed E-state index contributed by atoms with van der Waals surface area (Å²) in [6.07, 6.45) is 3.45. The first-order chi connectivity index (χ1) is 10.8. The molecule has 3 rings (SSSR count). The van der Waals surface area contributed by atoms with Crippen molar-refractivity contribution in [2.75, 3.05) is 46.4 Å². The van der Waals surface area contributed by atoms with Crippen LogP contribution in [-0.4, -0.2) is 51.3 Å². The van der Waals surface area contributed by atoms with Gasteiger partial charge in [-0.15, -0.1) is 0 Å². The van der Waals surface area contributed by atoms with E-state index in [1.54, 1.807) is 7.11 Å². The predicted molar refractivity (Wildman–Crippen MR) is 89.2 cm³/mol. The zero-order valence-corrected chi connectivity index (χ0v) is 14.0. The third-order valence-corrected chi connectivity index (χ3v) is 4.79. The summed E-state index contributed by atoms with van der Waals surface area (Å²) >= 11 is 6.44. The van der Waals surface area contributed by atoms with Crippen LogP contribution < -0.4 is 14.8 Å². The highest BCUT2D eigenvalue weighted by atomic mass is 35.5. The van der Waals surface area contributed by atoms with Crippen LogP contribution in [0.25, 0.3) is 0 Å². The monoisotopic (exact) mass is 324 g/mol. The van der Waals surface area contributed by atoms with E-state index in [9.17, 15) is 0 Å². The number of hydrogen-bond acceptors (Lipinski definition) is 4. The lowest BCUT2D eigenvalue weighted by Crippen LogP contribution is -2.44. The van der Waals surface area contributed by atoms with Gasteiger partial charge in [-0.25, -0.2) is 0 Å². The molecule has 0 aromatic heterocycles. The first kappa shape index (κ1) is 15.9. The molecule has 0 spiro atoms. The van der Waals surface area contributed by atoms with E-state index >= 15 is 0 Å². The van der Waals surface area contributed by atoms with Crippen LogP contribution in [0.2, 0.25) is 5.02 Å². The molecule has 1 heterocycles. The van der Waals surface area contributed by atoms with Gasteiger partial charge < -0.3 is 19.7 Å². The second kappa shape index (κ2) is 7.53. The molecule has 1 aliphatic heterocycles. The van der Waals surface area contributed by atoms with Crippen LogP contribution in [-0.2, 0) is 6.42 Å². The summed E-state index contributed by atoms with van der Waals surface area (Å²) in [6.45, 7) is 6.11. The molecule has 5 heteroatoms. The Morgan fingerprint density at radius 1 is 1.27 bits per heavy atom. The van der Waals surface area contributed by atoms with Gasteiger partial charge in [-0.3, -0.25) is 0 Å². The molecule has 0 unspecified atom stereocenters. The quantitative estimate of drug-likeness (QED) is 0.836. The lowest BCUT2D eigenvalue weighted by atomic mass is 10.1. The van der Waals surface area contributed by atoms with Crippen LogP contribution >= 0.6 is 11.6 Å². The van der Waals surface area contributed by atoms with Crippen LogP contribution in [0, 0.1) is 5.92 Å². The van der Waals surface area contributed by atoms with Crippen LogP contribution in [0.15, 0.2) is 12.1 Å². The maximum atomic E-state index is 6.44. The minimum absolute atomic E-state index is 0.713. The van der Waals surface area contributed by atoms with Crippen molar-refractivity contribution in [1.29, 1.82) is 0 Å². The molecule has 122 valence electrons. The van der Waals surface area contributed by atoms with Crippen molar-refractivity contribution in [3.05, 3.63) is 22.7 Å². The van der Waals surface area contributed by atoms with E-state index in [0.29, 0.717) is 5.92 Å². The van der Waals surface area contributed by atoms with Gasteiger partial charge in [0, 0.05) is 43.3 Å². The van der Waals surface area contributed by atoms with Gasteiger partial charge in [0.25, 0.3) is 0 Å². The van der Waals surface area contributed by atoms with Crippen molar-refractivity contribution in [2.24, 2.45) is 5.92 Å². The van der Waals surface area contributed by atoms with E-state index in [-0.39, 0.29) is 0 Å². The third-order valence-electron chi connectivity index (χ3n) is 4.44. The standard InChI is InChI=1S/C17H25ClN2O2/c1-21-16-5-4-15(18)14(17(16)22-12-13-2-3-13)6-9-20-10-7-19-8-11-20/h4-5,13,19H,2-3,6-12H2,1H3. The second-order valence-electron chi connectivity index (χ2n) is 6.15. The number of nitrogens with zero attached hydrogens (tertiary/aromatic N) is 1. The van der Waals surface area contributed by atoms with Crippen molar-refractivity contribution in [1.82, 2.24) is 10.2 Å². The fourth-order valence-electron chi connectivity index (χ4n) is 2.82. The summed E-state index contributed by atoms with van der Waals surface area (Å²) in [4.78, 5) is 2.47. The number of nitrogens with one attached hydrogen (secondary N) is 1. The maximum absolute atomic E-state index is 6.44. The zero-order chi connectivity index (χ0) is 15.4. The average molecular weight is 325 g/mol. The van der Waals surface area contributed by atoms with Crippen LogP contribution in [0.3, 0.4) is 0 Å². The molecule has 4 nitrogen and oxygen atoms in total. The van der Waals surface area contributed by atoms with Gasteiger partial charge in [0.05, 0.1) is 13.7 Å². The molecule has 2 fully saturated rings. The first-order valence-electron chi connectivity index (χ1n) is 8.19. The van der Waals surface area contributed by atoms with Crippen molar-refractivity contribution in [3.8, 4) is 11.5 Å². The van der Waals surface area contributed by atoms with E-state index in [0.717, 1.165) is 67.8 Å². The number of methoxy groups -OCH3 is 1. The van der Waals surface area contributed by atoms with Gasteiger partial charge in [0.1, 0.15) is 0 Å². The molecule has 0 bridgehead atoms. The van der Waals surface area contributed by atoms with E-state index in [4.69, 9.17) is 21.1 Å². The number of rotatable bonds is 7. The molecule has 22 heavy (non-hydrogen) atoms. The van der Waals surface area contributed by atoms with Gasteiger partial charge in [0.15, 0.2) is 11.5 Å². The number of hydrogen-bond donors (Lipinski definition) is 1. The van der Waals surface area contributed by atoms with Gasteiger partial charge in [-0.1, -0.05) is 11.6 Å². The molecule has 0 radical (unpaired) electrons. The fraction of sp³-hybridized carbons (Fsp3) is 0.647. The summed E-state index contributed by atoms with van der Waals surface area (Å²) in [5.41, 5.74) is 1.08. The smallest absolute Gasteiger partial charge is 0.165 e. The number of piperazine rings is 1. The Labute approximate surface area is 137 Å². The van der Waals surface area contributed by atoms with E-state index in [1.165, 1.54) is 12.8 Å². The van der Waals surface area contributed by atoms with Crippen molar-refractivity contribution in [2.45, 2.75) is 19.3 Å². The highest BCUT2D eigenvalue weighted by molar-refractivity contribution is 6.31. The Bertz CT molecular complexity index is 500. The molecule has 0 amide bonds. The van der Waals surface area contributed by atoms with Gasteiger partial charge >= 0.3 is 0 Å². The fourth-order valence-corrected chi connectivity index (χ4v) is 3.07. The Morgan fingerprint density at radius 3 is 2.73 bits per heavy atom. The summed E-state index contributed by atoms with van der Waals surface area (Å²) in [5.74, 6) is 2.35. The number of ether oxygens (including phenoxy) is 2. The van der Waals surface area contributed by atoms with E-state index < -0.39 is 0 Å². The first-order valence-corrected chi connectivity index (χ1v) is 8.57. The predicted octanol–water partition coefficient (Wildman–Crippen LogP) is 2.59. The average Bonchev–Trinajstić information content (AvgIpc) is 3.37. The molecule has 1 aromatic rings. The van der Waals surface area contributed by atoms with Crippen molar-refractivity contribution in [3.63, 3.8) is 0 Å². The number of benzene rings is 1. The van der Waals surface area contributed by atoms with Crippen molar-refractivity contribution < 1.29 is 9.47 Å². The maximum Gasteiger partial charge on any atom is 0.165 e. The largest absolute Gasteiger partial charge is 0.493 e. The topological polar surface area (TPSA) is 33.7 Å². The summed E-state index contributed by atoms with van der Waals surface area (Å²) < 4.78 is 11.5. The van der Waals surface area contributed by atoms with E-state index in [1.807, 2.05) is 12.1 Å². The van der Waals surface area contributed by atoms with Crippen LogP contribution in [0.1, 0.15) is 18.4 Å². The van der Waals surface area contributed by atoms with E-state index in [2.05, 4.69) is 10.2 Å². The molecular weight excluding hydrogens is 300 g/mol. The zero-order valence-electron chi connectivity index (χ0n) is 13.2. The minimum atomic E-state index is 0.713. The second-order valence-corrected chi connectivity index (χ2v) is 6.56. The Hall–Kier alpha value is -0.970. The lowest BCUT2D eigenvalue weighted by molar-refractivity contribution is 0.240. The number of halogens is 1. The summed E-state index contributed by atoms with van der Waals surface area (Å²) in [6, 6.07) is 3.82. The molecule has 1 saturated heterocycles. The van der Waals surface area contributed by atoms with Gasteiger partial charge in [-0.2, -0.15) is 0 Å². The van der Waals surface area contributed by atoms with Crippen molar-refractivity contribution >= 4 is 11.6 Å². The van der Waals surface area contributed by atoms with Crippen LogP contribution in [0.5, 0.6) is 11.5 Å². The van der Waals surface area contributed by atoms with Gasteiger partial charge in [0.2, 0.25) is 0 Å². The SMILES string of the molecule is COc1ccc(Cl)c(CCN2CCNCC2)c1OCC1CC1. The van der Waals surface area contributed by atoms with Gasteiger partial charge in [-0.05, 0) is 37.3 Å². The molecule has 0 atom stereocenters. The molecule has 2 aliphatic rings. The molecular formula is C17H25ClN2O2. The molecule has 1 N–H and O–H groups in total. The molecule has 1 aromatic carbocycles. The molecule has 1 saturated carbocycles. The third kappa shape index (κ3) is 4.06. The Kier molecular flexibility index (Phi) is 5.45. The Balaban J connectivity index is 1.71. The lowest BCUT2D eigenvalue weighted by Gasteiger charge is -2.27. The minimum Gasteiger partial charge on any atom is -0.493 e.